The van der Waals surface area contributed by atoms with Gasteiger partial charge in [-0.25, -0.2) is 0 Å². The van der Waals surface area contributed by atoms with Crippen molar-refractivity contribution in [3.8, 4) is 0 Å². The second kappa shape index (κ2) is 2.50. The van der Waals surface area contributed by atoms with Gasteiger partial charge in [0.2, 0.25) is 0 Å². The van der Waals surface area contributed by atoms with E-state index >= 15 is 0 Å². The van der Waals surface area contributed by atoms with E-state index in [9.17, 15) is 0 Å². The highest BCUT2D eigenvalue weighted by Gasteiger charge is 1.98. The van der Waals surface area contributed by atoms with Gasteiger partial charge < -0.3 is 4.90 Å². The van der Waals surface area contributed by atoms with Crippen molar-refractivity contribution in [3.63, 3.8) is 0 Å². The van der Waals surface area contributed by atoms with Gasteiger partial charge in [0, 0.05) is 6.54 Å². The van der Waals surface area contributed by atoms with Crippen LogP contribution in [0, 0.1) is 6.20 Å². The van der Waals surface area contributed by atoms with Crippen LogP contribution in [0.1, 0.15) is 6.92 Å². The first kappa shape index (κ1) is 5.35. The van der Waals surface area contributed by atoms with Gasteiger partial charge in [0.25, 0.3) is 0 Å². The summed E-state index contributed by atoms with van der Waals surface area (Å²) in [5, 5.41) is 0. The van der Waals surface area contributed by atoms with Gasteiger partial charge in [0.15, 0.2) is 0 Å². The van der Waals surface area contributed by atoms with Crippen molar-refractivity contribution in [2.75, 3.05) is 13.1 Å². The summed E-state index contributed by atoms with van der Waals surface area (Å²) < 4.78 is 0. The predicted molar refractivity (Wildman–Crippen MR) is 33.6 cm³/mol. The number of allylic oxidation sites excluding steroid dienone is 1. The molecule has 43 valence electrons. The van der Waals surface area contributed by atoms with Gasteiger partial charge in [-0.05, 0) is 6.92 Å². The molecule has 2 nitrogen and oxygen atoms in total. The summed E-state index contributed by atoms with van der Waals surface area (Å²) in [5.74, 6) is 0. The van der Waals surface area contributed by atoms with Crippen molar-refractivity contribution >= 4 is 6.34 Å². The van der Waals surface area contributed by atoms with E-state index in [0.29, 0.717) is 0 Å². The van der Waals surface area contributed by atoms with Crippen LogP contribution in [-0.2, 0) is 0 Å². The molecule has 1 aliphatic heterocycles. The fourth-order valence-electron chi connectivity index (χ4n) is 0.643. The third kappa shape index (κ3) is 1.09. The van der Waals surface area contributed by atoms with E-state index in [-0.39, 0.29) is 0 Å². The predicted octanol–water partition coefficient (Wildman–Crippen LogP) is 0.667. The molecule has 0 aromatic carbocycles. The van der Waals surface area contributed by atoms with E-state index in [2.05, 4.69) is 11.2 Å². The molecule has 0 aliphatic carbocycles. The molecule has 8 heavy (non-hydrogen) atoms. The van der Waals surface area contributed by atoms with Crippen LogP contribution in [0.15, 0.2) is 11.1 Å². The average molecular weight is 109 g/mol. The van der Waals surface area contributed by atoms with Gasteiger partial charge in [-0.1, -0.05) is 6.08 Å². The van der Waals surface area contributed by atoms with E-state index in [1.807, 2.05) is 17.9 Å². The Morgan fingerprint density at radius 2 is 2.75 bits per heavy atom. The van der Waals surface area contributed by atoms with Crippen LogP contribution >= 0.6 is 0 Å². The lowest BCUT2D eigenvalue weighted by atomic mass is 10.6. The van der Waals surface area contributed by atoms with Crippen molar-refractivity contribution < 1.29 is 0 Å². The molecule has 0 aromatic heterocycles. The molecule has 1 heterocycles. The first-order chi connectivity index (χ1) is 3.93. The molecule has 0 N–H and O–H groups in total. The van der Waals surface area contributed by atoms with Crippen molar-refractivity contribution in [2.45, 2.75) is 6.92 Å². The molecule has 0 spiro atoms. The molecule has 0 bridgehead atoms. The minimum atomic E-state index is 0.918. The van der Waals surface area contributed by atoms with Crippen LogP contribution in [0.2, 0.25) is 0 Å². The van der Waals surface area contributed by atoms with Gasteiger partial charge in [-0.3, -0.25) is 4.99 Å². The van der Waals surface area contributed by atoms with Gasteiger partial charge in [-0.2, -0.15) is 0 Å². The second-order valence-corrected chi connectivity index (χ2v) is 1.63. The normalized spacial score (nSPS) is 18.9. The van der Waals surface area contributed by atoms with Crippen LogP contribution in [0.25, 0.3) is 0 Å². The maximum Gasteiger partial charge on any atom is 0.0896 e. The van der Waals surface area contributed by atoms with Crippen molar-refractivity contribution in [2.24, 2.45) is 4.99 Å². The Morgan fingerprint density at radius 1 is 1.88 bits per heavy atom. The summed E-state index contributed by atoms with van der Waals surface area (Å²) in [6, 6.07) is 0. The molecule has 0 amide bonds. The summed E-state index contributed by atoms with van der Waals surface area (Å²) >= 11 is 0. The monoisotopic (exact) mass is 109 g/mol. The molecule has 2 heteroatoms. The Hall–Kier alpha value is -0.790. The minimum Gasteiger partial charge on any atom is -0.329 e. The molecule has 0 atom stereocenters. The number of hydrogen-bond acceptors (Lipinski definition) is 2. The van der Waals surface area contributed by atoms with Crippen LogP contribution in [0.3, 0.4) is 0 Å². The van der Waals surface area contributed by atoms with E-state index < -0.39 is 0 Å². The van der Waals surface area contributed by atoms with Gasteiger partial charge in [-0.15, -0.1) is 0 Å². The SMILES string of the molecule is C/C=[C]/N1C=NCC1. The lowest BCUT2D eigenvalue weighted by molar-refractivity contribution is 0.599. The molecule has 1 radical (unpaired) electrons. The summed E-state index contributed by atoms with van der Waals surface area (Å²) in [5.41, 5.74) is 0. The maximum absolute atomic E-state index is 4.00. The quantitative estimate of drug-likeness (QED) is 0.483. The molecule has 0 saturated carbocycles. The summed E-state index contributed by atoms with van der Waals surface area (Å²) in [6.07, 6.45) is 6.70. The Morgan fingerprint density at radius 3 is 3.25 bits per heavy atom. The zero-order chi connectivity index (χ0) is 5.82. The number of rotatable bonds is 1. The fourth-order valence-corrected chi connectivity index (χ4v) is 0.643. The number of aliphatic imine (C=N–C) groups is 1. The fraction of sp³-hybridized carbons (Fsp3) is 0.500. The zero-order valence-electron chi connectivity index (χ0n) is 4.96. The van der Waals surface area contributed by atoms with Gasteiger partial charge in [0.05, 0.1) is 19.1 Å². The molecule has 0 unspecified atom stereocenters. The van der Waals surface area contributed by atoms with Gasteiger partial charge >= 0.3 is 0 Å². The topological polar surface area (TPSA) is 15.6 Å². The Bertz CT molecular complexity index is 116. The Labute approximate surface area is 49.5 Å². The number of nitrogens with zero attached hydrogens (tertiary/aromatic N) is 2. The van der Waals surface area contributed by atoms with Crippen LogP contribution in [-0.4, -0.2) is 24.3 Å². The largest absolute Gasteiger partial charge is 0.329 e. The highest BCUT2D eigenvalue weighted by Crippen LogP contribution is 1.91. The van der Waals surface area contributed by atoms with E-state index in [1.165, 1.54) is 0 Å². The molecule has 0 saturated heterocycles. The lowest BCUT2D eigenvalue weighted by Gasteiger charge is -2.02. The van der Waals surface area contributed by atoms with E-state index in [4.69, 9.17) is 0 Å². The van der Waals surface area contributed by atoms with Crippen LogP contribution in [0.4, 0.5) is 0 Å². The maximum atomic E-state index is 4.00. The van der Waals surface area contributed by atoms with Crippen molar-refractivity contribution in [1.82, 2.24) is 4.90 Å². The second-order valence-electron chi connectivity index (χ2n) is 1.63. The molecule has 0 fully saturated rings. The Balaban J connectivity index is 2.36. The summed E-state index contributed by atoms with van der Waals surface area (Å²) in [6.45, 7) is 3.86. The molecular formula is C6H9N2. The summed E-state index contributed by atoms with van der Waals surface area (Å²) in [4.78, 5) is 5.95. The lowest BCUT2D eigenvalue weighted by Crippen LogP contribution is -2.11. The highest BCUT2D eigenvalue weighted by molar-refractivity contribution is 5.57. The molecule has 1 aliphatic rings. The van der Waals surface area contributed by atoms with Gasteiger partial charge in [0.1, 0.15) is 0 Å². The Kier molecular flexibility index (Phi) is 1.67. The standard InChI is InChI=1S/C6H9N2/c1-2-4-8-5-3-7-6-8/h2,6H,3,5H2,1H3. The highest BCUT2D eigenvalue weighted by atomic mass is 15.2. The van der Waals surface area contributed by atoms with E-state index in [1.54, 1.807) is 6.34 Å². The molecule has 1 rings (SSSR count). The molecular weight excluding hydrogens is 100 g/mol. The summed E-state index contributed by atoms with van der Waals surface area (Å²) in [7, 11) is 0. The van der Waals surface area contributed by atoms with Crippen molar-refractivity contribution in [3.05, 3.63) is 12.3 Å². The zero-order valence-corrected chi connectivity index (χ0v) is 4.96. The first-order valence-electron chi connectivity index (χ1n) is 2.74. The van der Waals surface area contributed by atoms with Crippen LogP contribution < -0.4 is 0 Å². The number of hydrogen-bond donors (Lipinski definition) is 0. The van der Waals surface area contributed by atoms with Crippen LogP contribution in [0.5, 0.6) is 0 Å². The average Bonchev–Trinajstić information content (AvgIpc) is 2.19. The third-order valence-electron chi connectivity index (χ3n) is 0.986. The third-order valence-corrected chi connectivity index (χ3v) is 0.986. The smallest absolute Gasteiger partial charge is 0.0896 e. The first-order valence-corrected chi connectivity index (χ1v) is 2.74. The minimum absolute atomic E-state index is 0.918. The molecule has 0 aromatic rings. The van der Waals surface area contributed by atoms with E-state index in [0.717, 1.165) is 13.1 Å². The van der Waals surface area contributed by atoms with Crippen molar-refractivity contribution in [1.29, 1.82) is 0 Å².